The van der Waals surface area contributed by atoms with E-state index in [-0.39, 0.29) is 18.4 Å². The minimum absolute atomic E-state index is 0.0486. The first-order valence-corrected chi connectivity index (χ1v) is 6.96. The number of nitrogens with one attached hydrogen (secondary N) is 2. The van der Waals surface area contributed by atoms with Crippen LogP contribution in [0, 0.1) is 0 Å². The zero-order valence-electron chi connectivity index (χ0n) is 11.9. The Kier molecular flexibility index (Phi) is 5.38. The number of hydrogen-bond acceptors (Lipinski definition) is 3. The molecule has 0 aromatic heterocycles. The summed E-state index contributed by atoms with van der Waals surface area (Å²) in [5, 5.41) is 5.81. The number of halogens is 1. The molecule has 0 fully saturated rings. The first-order valence-electron chi connectivity index (χ1n) is 6.59. The van der Waals surface area contributed by atoms with E-state index < -0.39 is 0 Å². The van der Waals surface area contributed by atoms with Gasteiger partial charge in [0.1, 0.15) is 5.75 Å². The quantitative estimate of drug-likeness (QED) is 0.890. The van der Waals surface area contributed by atoms with E-state index in [1.807, 2.05) is 0 Å². The summed E-state index contributed by atoms with van der Waals surface area (Å²) in [4.78, 5) is 23.1. The van der Waals surface area contributed by atoms with Crippen LogP contribution in [0.25, 0.3) is 0 Å². The van der Waals surface area contributed by atoms with Gasteiger partial charge in [-0.25, -0.2) is 0 Å². The van der Waals surface area contributed by atoms with Crippen LogP contribution in [0.2, 0.25) is 5.02 Å². The molecule has 0 saturated heterocycles. The minimum atomic E-state index is -0.226. The van der Waals surface area contributed by atoms with Crippen LogP contribution in [0.15, 0.2) is 48.5 Å². The molecule has 0 unspecified atom stereocenters. The van der Waals surface area contributed by atoms with E-state index in [1.54, 1.807) is 55.6 Å². The van der Waals surface area contributed by atoms with Crippen molar-refractivity contribution in [3.63, 3.8) is 0 Å². The van der Waals surface area contributed by atoms with Crippen LogP contribution in [0.5, 0.6) is 5.75 Å². The van der Waals surface area contributed by atoms with Gasteiger partial charge in [-0.05, 0) is 48.5 Å². The molecule has 0 aliphatic carbocycles. The average Bonchev–Trinajstić information content (AvgIpc) is 2.54. The summed E-state index contributed by atoms with van der Waals surface area (Å²) in [6, 6.07) is 13.4. The Morgan fingerprint density at radius 3 is 2.27 bits per heavy atom. The van der Waals surface area contributed by atoms with E-state index in [0.29, 0.717) is 22.0 Å². The van der Waals surface area contributed by atoms with Gasteiger partial charge in [-0.15, -0.1) is 0 Å². The summed E-state index contributed by atoms with van der Waals surface area (Å²) in [5.41, 5.74) is 1.15. The van der Waals surface area contributed by atoms with Crippen molar-refractivity contribution in [2.45, 2.75) is 0 Å². The van der Waals surface area contributed by atoms with Crippen LogP contribution in [-0.4, -0.2) is 25.5 Å². The minimum Gasteiger partial charge on any atom is -0.484 e. The molecule has 5 nitrogen and oxygen atoms in total. The van der Waals surface area contributed by atoms with E-state index in [0.717, 1.165) is 0 Å². The first kappa shape index (κ1) is 15.9. The molecule has 0 spiro atoms. The first-order chi connectivity index (χ1) is 10.6. The topological polar surface area (TPSA) is 67.4 Å². The van der Waals surface area contributed by atoms with Gasteiger partial charge in [0.2, 0.25) is 0 Å². The lowest BCUT2D eigenvalue weighted by Gasteiger charge is -2.08. The van der Waals surface area contributed by atoms with Gasteiger partial charge in [-0.2, -0.15) is 0 Å². The third kappa shape index (κ3) is 4.49. The lowest BCUT2D eigenvalue weighted by molar-refractivity contribution is -0.122. The third-order valence-corrected chi connectivity index (χ3v) is 3.12. The highest BCUT2D eigenvalue weighted by Crippen LogP contribution is 2.17. The molecule has 0 aliphatic heterocycles. The van der Waals surface area contributed by atoms with Crippen molar-refractivity contribution in [1.29, 1.82) is 0 Å². The lowest BCUT2D eigenvalue weighted by atomic mass is 10.2. The number of amides is 2. The van der Waals surface area contributed by atoms with E-state index in [9.17, 15) is 9.59 Å². The van der Waals surface area contributed by atoms with Crippen LogP contribution >= 0.6 is 11.6 Å². The fraction of sp³-hybridized carbons (Fsp3) is 0.125. The predicted molar refractivity (Wildman–Crippen MR) is 85.4 cm³/mol. The van der Waals surface area contributed by atoms with Gasteiger partial charge in [-0.1, -0.05) is 11.6 Å². The highest BCUT2D eigenvalue weighted by molar-refractivity contribution is 6.30. The Bertz CT molecular complexity index is 654. The largest absolute Gasteiger partial charge is 0.484 e. The predicted octanol–water partition coefficient (Wildman–Crippen LogP) is 2.72. The molecule has 2 amide bonds. The Morgan fingerprint density at radius 2 is 1.68 bits per heavy atom. The Balaban J connectivity index is 1.94. The van der Waals surface area contributed by atoms with Crippen molar-refractivity contribution >= 4 is 29.1 Å². The maximum atomic E-state index is 12.0. The molecule has 0 heterocycles. The van der Waals surface area contributed by atoms with Crippen molar-refractivity contribution in [2.75, 3.05) is 19.0 Å². The molecular formula is C16H15ClN2O3. The summed E-state index contributed by atoms with van der Waals surface area (Å²) >= 11 is 5.78. The third-order valence-electron chi connectivity index (χ3n) is 2.87. The van der Waals surface area contributed by atoms with Crippen molar-refractivity contribution in [1.82, 2.24) is 5.32 Å². The summed E-state index contributed by atoms with van der Waals surface area (Å²) in [5.74, 6) is 0.115. The van der Waals surface area contributed by atoms with Crippen LogP contribution < -0.4 is 15.4 Å². The number of carbonyl (C=O) groups is 2. The van der Waals surface area contributed by atoms with Gasteiger partial charge in [0.25, 0.3) is 11.8 Å². The van der Waals surface area contributed by atoms with Crippen LogP contribution in [0.1, 0.15) is 10.4 Å². The van der Waals surface area contributed by atoms with E-state index in [1.165, 1.54) is 0 Å². The second kappa shape index (κ2) is 7.47. The Labute approximate surface area is 133 Å². The fourth-order valence-electron chi connectivity index (χ4n) is 1.66. The van der Waals surface area contributed by atoms with Crippen molar-refractivity contribution in [2.24, 2.45) is 0 Å². The molecule has 0 saturated carbocycles. The second-order valence-electron chi connectivity index (χ2n) is 4.45. The van der Waals surface area contributed by atoms with E-state index in [2.05, 4.69) is 10.6 Å². The van der Waals surface area contributed by atoms with Gasteiger partial charge in [0, 0.05) is 23.3 Å². The summed E-state index contributed by atoms with van der Waals surface area (Å²) in [6.45, 7) is -0.0486. The SMILES string of the molecule is CNC(=O)COc1ccc(NC(=O)c2ccc(Cl)cc2)cc1. The van der Waals surface area contributed by atoms with Gasteiger partial charge >= 0.3 is 0 Å². The maximum absolute atomic E-state index is 12.0. The summed E-state index contributed by atoms with van der Waals surface area (Å²) in [7, 11) is 1.54. The van der Waals surface area contributed by atoms with Crippen LogP contribution in [0.4, 0.5) is 5.69 Å². The summed E-state index contributed by atoms with van der Waals surface area (Å²) < 4.78 is 5.28. The number of likely N-dealkylation sites (N-methyl/N-ethyl adjacent to an activating group) is 1. The Hall–Kier alpha value is -2.53. The zero-order chi connectivity index (χ0) is 15.9. The smallest absolute Gasteiger partial charge is 0.257 e. The second-order valence-corrected chi connectivity index (χ2v) is 4.88. The van der Waals surface area contributed by atoms with Gasteiger partial charge in [-0.3, -0.25) is 9.59 Å². The molecule has 2 aromatic rings. The van der Waals surface area contributed by atoms with Crippen molar-refractivity contribution < 1.29 is 14.3 Å². The molecule has 2 N–H and O–H groups in total. The molecule has 6 heteroatoms. The number of carbonyl (C=O) groups excluding carboxylic acids is 2. The maximum Gasteiger partial charge on any atom is 0.257 e. The molecule has 0 bridgehead atoms. The normalized spacial score (nSPS) is 9.91. The standard InChI is InChI=1S/C16H15ClN2O3/c1-18-15(20)10-22-14-8-6-13(7-9-14)19-16(21)11-2-4-12(17)5-3-11/h2-9H,10H2,1H3,(H,18,20)(H,19,21). The monoisotopic (exact) mass is 318 g/mol. The fourth-order valence-corrected chi connectivity index (χ4v) is 1.79. The van der Waals surface area contributed by atoms with Crippen molar-refractivity contribution in [3.8, 4) is 5.75 Å². The molecule has 0 radical (unpaired) electrons. The highest BCUT2D eigenvalue weighted by Gasteiger charge is 2.06. The average molecular weight is 319 g/mol. The Morgan fingerprint density at radius 1 is 1.05 bits per heavy atom. The number of benzene rings is 2. The number of rotatable bonds is 5. The highest BCUT2D eigenvalue weighted by atomic mass is 35.5. The van der Waals surface area contributed by atoms with Gasteiger partial charge in [0.05, 0.1) is 0 Å². The lowest BCUT2D eigenvalue weighted by Crippen LogP contribution is -2.24. The molecule has 114 valence electrons. The molecular weight excluding hydrogens is 304 g/mol. The van der Waals surface area contributed by atoms with Gasteiger partial charge in [0.15, 0.2) is 6.61 Å². The van der Waals surface area contributed by atoms with Crippen molar-refractivity contribution in [3.05, 3.63) is 59.1 Å². The molecule has 2 aromatic carbocycles. The number of hydrogen-bond donors (Lipinski definition) is 2. The summed E-state index contributed by atoms with van der Waals surface area (Å²) in [6.07, 6.45) is 0. The zero-order valence-corrected chi connectivity index (χ0v) is 12.7. The number of anilines is 1. The van der Waals surface area contributed by atoms with Crippen LogP contribution in [0.3, 0.4) is 0 Å². The molecule has 0 aliphatic rings. The number of ether oxygens (including phenoxy) is 1. The van der Waals surface area contributed by atoms with E-state index >= 15 is 0 Å². The molecule has 22 heavy (non-hydrogen) atoms. The molecule has 0 atom stereocenters. The van der Waals surface area contributed by atoms with E-state index in [4.69, 9.17) is 16.3 Å². The van der Waals surface area contributed by atoms with Gasteiger partial charge < -0.3 is 15.4 Å². The molecule has 2 rings (SSSR count). The van der Waals surface area contributed by atoms with Crippen LogP contribution in [-0.2, 0) is 4.79 Å².